The minimum atomic E-state index is -0.142. The van der Waals surface area contributed by atoms with Crippen LogP contribution in [0.1, 0.15) is 25.0 Å². The number of ether oxygens (including phenoxy) is 2. The summed E-state index contributed by atoms with van der Waals surface area (Å²) >= 11 is 0. The van der Waals surface area contributed by atoms with Gasteiger partial charge in [-0.3, -0.25) is 4.79 Å². The van der Waals surface area contributed by atoms with Crippen LogP contribution in [0.3, 0.4) is 0 Å². The molecule has 0 aliphatic carbocycles. The van der Waals surface area contributed by atoms with Crippen LogP contribution in [-0.2, 0) is 22.6 Å². The molecule has 7 heteroatoms. The van der Waals surface area contributed by atoms with E-state index in [-0.39, 0.29) is 5.56 Å². The van der Waals surface area contributed by atoms with Crippen molar-refractivity contribution >= 4 is 5.69 Å². The summed E-state index contributed by atoms with van der Waals surface area (Å²) in [4.78, 5) is 14.6. The fourth-order valence-electron chi connectivity index (χ4n) is 3.33. The molecule has 1 heterocycles. The summed E-state index contributed by atoms with van der Waals surface area (Å²) in [5.74, 6) is 0.698. The molecule has 0 amide bonds. The molecule has 0 saturated carbocycles. The molecule has 3 aromatic rings. The minimum Gasteiger partial charge on any atom is -0.479 e. The van der Waals surface area contributed by atoms with Gasteiger partial charge in [-0.2, -0.15) is 5.10 Å². The van der Waals surface area contributed by atoms with Crippen LogP contribution >= 0.6 is 0 Å². The molecular formula is C27H34N4O3. The molecule has 0 atom stereocenters. The minimum absolute atomic E-state index is 0.142. The molecule has 1 N–H and O–H groups in total. The maximum Gasteiger partial charge on any atom is 0.267 e. The zero-order chi connectivity index (χ0) is 24.3. The number of nitrogens with zero attached hydrogens (tertiary/aromatic N) is 3. The molecular weight excluding hydrogens is 428 g/mol. The summed E-state index contributed by atoms with van der Waals surface area (Å²) in [7, 11) is 4.06. The summed E-state index contributed by atoms with van der Waals surface area (Å²) < 4.78 is 12.8. The molecule has 0 radical (unpaired) electrons. The van der Waals surface area contributed by atoms with E-state index in [2.05, 4.69) is 15.3 Å². The molecule has 0 unspecified atom stereocenters. The molecule has 180 valence electrons. The Labute approximate surface area is 201 Å². The number of allylic oxidation sites excluding steroid dienone is 1. The van der Waals surface area contributed by atoms with Gasteiger partial charge in [-0.1, -0.05) is 36.4 Å². The van der Waals surface area contributed by atoms with Crippen molar-refractivity contribution in [1.29, 1.82) is 0 Å². The maximum atomic E-state index is 12.5. The fourth-order valence-corrected chi connectivity index (χ4v) is 3.33. The SMILES string of the molecule is C/C=C(/Nc1cccc(Cn2nc(-c3ccc(COCCN(C)C)cc3)ccc2=O)c1)OCC. The van der Waals surface area contributed by atoms with Gasteiger partial charge in [0.2, 0.25) is 0 Å². The number of anilines is 1. The van der Waals surface area contributed by atoms with Gasteiger partial charge in [-0.05, 0) is 63.3 Å². The van der Waals surface area contributed by atoms with E-state index in [0.29, 0.717) is 32.2 Å². The van der Waals surface area contributed by atoms with Crippen LogP contribution in [0.5, 0.6) is 0 Å². The van der Waals surface area contributed by atoms with E-state index in [4.69, 9.17) is 9.47 Å². The van der Waals surface area contributed by atoms with Gasteiger partial charge in [0.1, 0.15) is 0 Å². The molecule has 7 nitrogen and oxygen atoms in total. The Kier molecular flexibility index (Phi) is 9.43. The van der Waals surface area contributed by atoms with Crippen molar-refractivity contribution in [3.8, 4) is 11.3 Å². The third kappa shape index (κ3) is 7.57. The first-order chi connectivity index (χ1) is 16.5. The zero-order valence-corrected chi connectivity index (χ0v) is 20.5. The summed E-state index contributed by atoms with van der Waals surface area (Å²) in [6.45, 7) is 6.99. The van der Waals surface area contributed by atoms with Crippen LogP contribution in [0, 0.1) is 0 Å². The van der Waals surface area contributed by atoms with Gasteiger partial charge in [0.25, 0.3) is 5.56 Å². The van der Waals surface area contributed by atoms with Crippen molar-refractivity contribution in [2.24, 2.45) is 0 Å². The monoisotopic (exact) mass is 462 g/mol. The standard InChI is InChI=1S/C27H34N4O3/c1-5-26(34-6-2)28-24-9-7-8-22(18-24)19-31-27(32)15-14-25(29-31)23-12-10-21(11-13-23)20-33-17-16-30(3)4/h5,7-15,18,28H,6,16-17,19-20H2,1-4H3/b26-5-. The van der Waals surface area contributed by atoms with Crippen LogP contribution < -0.4 is 10.9 Å². The third-order valence-electron chi connectivity index (χ3n) is 5.16. The van der Waals surface area contributed by atoms with E-state index in [1.54, 1.807) is 12.1 Å². The van der Waals surface area contributed by atoms with E-state index in [1.165, 1.54) is 4.68 Å². The molecule has 3 rings (SSSR count). The highest BCUT2D eigenvalue weighted by molar-refractivity contribution is 5.58. The number of rotatable bonds is 12. The Balaban J connectivity index is 1.70. The summed E-state index contributed by atoms with van der Waals surface area (Å²) in [6.07, 6.45) is 1.88. The predicted molar refractivity (Wildman–Crippen MR) is 137 cm³/mol. The van der Waals surface area contributed by atoms with Gasteiger partial charge in [0, 0.05) is 23.9 Å². The van der Waals surface area contributed by atoms with Gasteiger partial charge in [0.05, 0.1) is 32.1 Å². The molecule has 1 aromatic heterocycles. The normalized spacial score (nSPS) is 11.6. The van der Waals surface area contributed by atoms with Crippen LogP contribution in [0.4, 0.5) is 5.69 Å². The van der Waals surface area contributed by atoms with E-state index < -0.39 is 0 Å². The van der Waals surface area contributed by atoms with E-state index >= 15 is 0 Å². The number of hydrogen-bond donors (Lipinski definition) is 1. The Morgan fingerprint density at radius 2 is 1.88 bits per heavy atom. The van der Waals surface area contributed by atoms with Crippen molar-refractivity contribution in [2.75, 3.05) is 39.2 Å². The summed E-state index contributed by atoms with van der Waals surface area (Å²) in [5.41, 5.74) is 4.53. The summed E-state index contributed by atoms with van der Waals surface area (Å²) in [6, 6.07) is 19.3. The topological polar surface area (TPSA) is 68.6 Å². The molecule has 0 bridgehead atoms. The Morgan fingerprint density at radius 1 is 1.09 bits per heavy atom. The van der Waals surface area contributed by atoms with Crippen LogP contribution in [0.2, 0.25) is 0 Å². The van der Waals surface area contributed by atoms with Gasteiger partial charge in [0.15, 0.2) is 5.88 Å². The second-order valence-electron chi connectivity index (χ2n) is 8.18. The van der Waals surface area contributed by atoms with E-state index in [1.807, 2.05) is 82.5 Å². The van der Waals surface area contributed by atoms with Crippen LogP contribution in [0.25, 0.3) is 11.3 Å². The van der Waals surface area contributed by atoms with Crippen molar-refractivity contribution in [2.45, 2.75) is 27.0 Å². The molecule has 34 heavy (non-hydrogen) atoms. The highest BCUT2D eigenvalue weighted by Crippen LogP contribution is 2.18. The molecule has 0 aliphatic heterocycles. The highest BCUT2D eigenvalue weighted by atomic mass is 16.5. The van der Waals surface area contributed by atoms with Crippen molar-refractivity contribution in [3.63, 3.8) is 0 Å². The maximum absolute atomic E-state index is 12.5. The molecule has 2 aromatic carbocycles. The van der Waals surface area contributed by atoms with Crippen molar-refractivity contribution in [1.82, 2.24) is 14.7 Å². The molecule has 0 fully saturated rings. The number of aromatic nitrogens is 2. The first-order valence-corrected chi connectivity index (χ1v) is 11.5. The largest absolute Gasteiger partial charge is 0.479 e. The number of hydrogen-bond acceptors (Lipinski definition) is 6. The van der Waals surface area contributed by atoms with Crippen molar-refractivity contribution in [3.05, 3.63) is 94.1 Å². The first-order valence-electron chi connectivity index (χ1n) is 11.5. The molecule has 0 saturated heterocycles. The Morgan fingerprint density at radius 3 is 2.59 bits per heavy atom. The fraction of sp³-hybridized carbons (Fsp3) is 0.333. The summed E-state index contributed by atoms with van der Waals surface area (Å²) in [5, 5.41) is 7.86. The highest BCUT2D eigenvalue weighted by Gasteiger charge is 2.06. The first kappa shape index (κ1) is 25.2. The van der Waals surface area contributed by atoms with Gasteiger partial charge in [-0.25, -0.2) is 4.68 Å². The lowest BCUT2D eigenvalue weighted by Crippen LogP contribution is -2.22. The van der Waals surface area contributed by atoms with Gasteiger partial charge >= 0.3 is 0 Å². The Bertz CT molecular complexity index is 1140. The average molecular weight is 463 g/mol. The smallest absolute Gasteiger partial charge is 0.267 e. The zero-order valence-electron chi connectivity index (χ0n) is 20.5. The number of benzene rings is 2. The lowest BCUT2D eigenvalue weighted by molar-refractivity contribution is 0.105. The quantitative estimate of drug-likeness (QED) is 0.319. The lowest BCUT2D eigenvalue weighted by atomic mass is 10.1. The molecule has 0 spiro atoms. The number of likely N-dealkylation sites (N-methyl/N-ethyl adjacent to an activating group) is 1. The van der Waals surface area contributed by atoms with Gasteiger partial charge < -0.3 is 19.7 Å². The molecule has 0 aliphatic rings. The lowest BCUT2D eigenvalue weighted by Gasteiger charge is -2.13. The van der Waals surface area contributed by atoms with Crippen LogP contribution in [0.15, 0.2) is 77.4 Å². The van der Waals surface area contributed by atoms with Crippen LogP contribution in [-0.4, -0.2) is 48.5 Å². The average Bonchev–Trinajstić information content (AvgIpc) is 2.83. The number of nitrogens with one attached hydrogen (secondary N) is 1. The van der Waals surface area contributed by atoms with E-state index in [9.17, 15) is 4.79 Å². The second-order valence-corrected chi connectivity index (χ2v) is 8.18. The van der Waals surface area contributed by atoms with Gasteiger partial charge in [-0.15, -0.1) is 0 Å². The second kappa shape index (κ2) is 12.7. The van der Waals surface area contributed by atoms with Crippen molar-refractivity contribution < 1.29 is 9.47 Å². The predicted octanol–water partition coefficient (Wildman–Crippen LogP) is 4.35. The van der Waals surface area contributed by atoms with E-state index in [0.717, 1.165) is 34.6 Å². The Hall–Kier alpha value is -3.42. The third-order valence-corrected chi connectivity index (χ3v) is 5.16.